The Morgan fingerprint density at radius 3 is 2.71 bits per heavy atom. The third-order valence-corrected chi connectivity index (χ3v) is 3.36. The van der Waals surface area contributed by atoms with E-state index >= 15 is 0 Å². The first kappa shape index (κ1) is 14.3. The van der Waals surface area contributed by atoms with Gasteiger partial charge in [0.2, 0.25) is 0 Å². The zero-order valence-electron chi connectivity index (χ0n) is 10.4. The molecule has 0 aliphatic heterocycles. The van der Waals surface area contributed by atoms with E-state index in [2.05, 4.69) is 47.0 Å². The van der Waals surface area contributed by atoms with Crippen LogP contribution in [0.2, 0.25) is 0 Å². The average Bonchev–Trinajstić information content (AvgIpc) is 2.25. The number of likely N-dealkylation sites (N-methyl/N-ethyl adjacent to an activating group) is 1. The van der Waals surface area contributed by atoms with E-state index in [4.69, 9.17) is 5.73 Å². The van der Waals surface area contributed by atoms with Crippen LogP contribution < -0.4 is 11.1 Å². The normalized spacial score (nSPS) is 11.2. The molecule has 96 valence electrons. The fourth-order valence-electron chi connectivity index (χ4n) is 1.34. The summed E-state index contributed by atoms with van der Waals surface area (Å²) in [4.78, 5) is 2.21. The van der Waals surface area contributed by atoms with Gasteiger partial charge >= 0.3 is 0 Å². The van der Waals surface area contributed by atoms with Gasteiger partial charge in [0.05, 0.1) is 15.8 Å². The summed E-state index contributed by atoms with van der Waals surface area (Å²) in [6.45, 7) is 5.88. The second kappa shape index (κ2) is 6.21. The van der Waals surface area contributed by atoms with Crippen LogP contribution in [0, 0.1) is 5.82 Å². The zero-order valence-corrected chi connectivity index (χ0v) is 12.0. The molecule has 1 aromatic rings. The lowest BCUT2D eigenvalue weighted by Gasteiger charge is -2.21. The van der Waals surface area contributed by atoms with Crippen molar-refractivity contribution in [1.82, 2.24) is 4.90 Å². The van der Waals surface area contributed by atoms with Crippen molar-refractivity contribution >= 4 is 27.3 Å². The molecule has 0 aliphatic carbocycles. The highest BCUT2D eigenvalue weighted by Gasteiger charge is 2.06. The Morgan fingerprint density at radius 1 is 1.47 bits per heavy atom. The largest absolute Gasteiger partial charge is 0.397 e. The van der Waals surface area contributed by atoms with Gasteiger partial charge in [0.15, 0.2) is 0 Å². The monoisotopic (exact) mass is 303 g/mol. The summed E-state index contributed by atoms with van der Waals surface area (Å²) in [5.74, 6) is -0.307. The van der Waals surface area contributed by atoms with Crippen molar-refractivity contribution in [1.29, 1.82) is 0 Å². The van der Waals surface area contributed by atoms with Crippen LogP contribution in [0.3, 0.4) is 0 Å². The number of hydrogen-bond donors (Lipinski definition) is 2. The molecule has 0 radical (unpaired) electrons. The van der Waals surface area contributed by atoms with Crippen molar-refractivity contribution in [3.63, 3.8) is 0 Å². The maximum absolute atomic E-state index is 13.3. The molecule has 3 nitrogen and oxygen atoms in total. The van der Waals surface area contributed by atoms with E-state index in [0.717, 1.165) is 13.1 Å². The molecule has 0 bridgehead atoms. The molecule has 0 heterocycles. The van der Waals surface area contributed by atoms with Crippen LogP contribution in [0.15, 0.2) is 16.6 Å². The molecular weight excluding hydrogens is 285 g/mol. The molecule has 0 atom stereocenters. The number of nitrogen functional groups attached to an aromatic ring is 1. The average molecular weight is 304 g/mol. The molecular formula is C12H19BrFN3. The van der Waals surface area contributed by atoms with Gasteiger partial charge in [-0.3, -0.25) is 0 Å². The van der Waals surface area contributed by atoms with E-state index in [1.165, 1.54) is 6.07 Å². The molecule has 0 fully saturated rings. The number of nitrogens with one attached hydrogen (secondary N) is 1. The fourth-order valence-corrected chi connectivity index (χ4v) is 1.70. The highest BCUT2D eigenvalue weighted by molar-refractivity contribution is 9.10. The quantitative estimate of drug-likeness (QED) is 0.822. The number of benzene rings is 1. The molecule has 1 aromatic carbocycles. The van der Waals surface area contributed by atoms with Gasteiger partial charge in [-0.1, -0.05) is 0 Å². The van der Waals surface area contributed by atoms with Gasteiger partial charge in [-0.25, -0.2) is 4.39 Å². The molecule has 0 amide bonds. The summed E-state index contributed by atoms with van der Waals surface area (Å²) in [7, 11) is 2.05. The third-order valence-electron chi connectivity index (χ3n) is 2.75. The lowest BCUT2D eigenvalue weighted by atomic mass is 10.2. The molecule has 0 saturated heterocycles. The molecule has 0 aliphatic rings. The lowest BCUT2D eigenvalue weighted by molar-refractivity contribution is 0.284. The van der Waals surface area contributed by atoms with Gasteiger partial charge < -0.3 is 16.0 Å². The Morgan fingerprint density at radius 2 is 2.12 bits per heavy atom. The fraction of sp³-hybridized carbons (Fsp3) is 0.500. The summed E-state index contributed by atoms with van der Waals surface area (Å²) in [6, 6.07) is 3.48. The molecule has 0 spiro atoms. The van der Waals surface area contributed by atoms with Crippen molar-refractivity contribution in [3.05, 3.63) is 22.4 Å². The number of nitrogens with two attached hydrogens (primary N) is 1. The van der Waals surface area contributed by atoms with E-state index in [-0.39, 0.29) is 5.82 Å². The van der Waals surface area contributed by atoms with E-state index in [1.54, 1.807) is 6.07 Å². The van der Waals surface area contributed by atoms with E-state index < -0.39 is 0 Å². The minimum atomic E-state index is -0.307. The predicted molar refractivity (Wildman–Crippen MR) is 74.8 cm³/mol. The van der Waals surface area contributed by atoms with Crippen LogP contribution in [0.5, 0.6) is 0 Å². The minimum absolute atomic E-state index is 0.307. The second-order valence-corrected chi connectivity index (χ2v) is 5.21. The topological polar surface area (TPSA) is 41.3 Å². The second-order valence-electron chi connectivity index (χ2n) is 4.35. The van der Waals surface area contributed by atoms with Crippen LogP contribution in [0.1, 0.15) is 13.8 Å². The SMILES string of the molecule is CC(C)N(C)CCNc1cc(F)c(Br)cc1N. The maximum Gasteiger partial charge on any atom is 0.139 e. The van der Waals surface area contributed by atoms with Crippen molar-refractivity contribution in [2.24, 2.45) is 0 Å². The predicted octanol–water partition coefficient (Wildman–Crippen LogP) is 2.92. The molecule has 3 N–H and O–H groups in total. The molecule has 0 aromatic heterocycles. The number of halogens is 2. The Labute approximate surface area is 110 Å². The standard InChI is InChI=1S/C12H19BrFN3/c1-8(2)17(3)5-4-16-12-7-10(14)9(13)6-11(12)15/h6-8,16H,4-5,15H2,1-3H3. The summed E-state index contributed by atoms with van der Waals surface area (Å²) < 4.78 is 13.7. The lowest BCUT2D eigenvalue weighted by Crippen LogP contribution is -2.31. The van der Waals surface area contributed by atoms with Crippen LogP contribution in [0.25, 0.3) is 0 Å². The van der Waals surface area contributed by atoms with Crippen molar-refractivity contribution in [2.75, 3.05) is 31.2 Å². The number of rotatable bonds is 5. The van der Waals surface area contributed by atoms with Crippen LogP contribution >= 0.6 is 15.9 Å². The van der Waals surface area contributed by atoms with Gasteiger partial charge in [0, 0.05) is 25.2 Å². The van der Waals surface area contributed by atoms with Crippen LogP contribution in [-0.4, -0.2) is 31.1 Å². The molecule has 0 saturated carbocycles. The Balaban J connectivity index is 2.55. The smallest absolute Gasteiger partial charge is 0.139 e. The van der Waals surface area contributed by atoms with Crippen molar-refractivity contribution in [3.8, 4) is 0 Å². The van der Waals surface area contributed by atoms with E-state index in [1.807, 2.05) is 0 Å². The summed E-state index contributed by atoms with van der Waals surface area (Å²) in [5.41, 5.74) is 6.98. The first-order chi connectivity index (χ1) is 7.91. The Hall–Kier alpha value is -0.810. The number of hydrogen-bond acceptors (Lipinski definition) is 3. The number of nitrogens with zero attached hydrogens (tertiary/aromatic N) is 1. The third kappa shape index (κ3) is 4.16. The van der Waals surface area contributed by atoms with Gasteiger partial charge in [0.25, 0.3) is 0 Å². The van der Waals surface area contributed by atoms with Crippen molar-refractivity contribution in [2.45, 2.75) is 19.9 Å². The van der Waals surface area contributed by atoms with Gasteiger partial charge in [-0.2, -0.15) is 0 Å². The Bertz CT molecular complexity index is 382. The maximum atomic E-state index is 13.3. The van der Waals surface area contributed by atoms with Gasteiger partial charge in [0.1, 0.15) is 5.82 Å². The van der Waals surface area contributed by atoms with Gasteiger partial charge in [-0.05, 0) is 42.9 Å². The zero-order chi connectivity index (χ0) is 13.0. The summed E-state index contributed by atoms with van der Waals surface area (Å²) in [6.07, 6.45) is 0. The van der Waals surface area contributed by atoms with Gasteiger partial charge in [-0.15, -0.1) is 0 Å². The van der Waals surface area contributed by atoms with Crippen LogP contribution in [-0.2, 0) is 0 Å². The summed E-state index contributed by atoms with van der Waals surface area (Å²) in [5, 5.41) is 3.14. The molecule has 1 rings (SSSR count). The minimum Gasteiger partial charge on any atom is -0.397 e. The first-order valence-electron chi connectivity index (χ1n) is 5.60. The van der Waals surface area contributed by atoms with Crippen molar-refractivity contribution < 1.29 is 4.39 Å². The number of anilines is 2. The summed E-state index contributed by atoms with van der Waals surface area (Å²) >= 11 is 3.10. The van der Waals surface area contributed by atoms with E-state index in [9.17, 15) is 4.39 Å². The molecule has 17 heavy (non-hydrogen) atoms. The highest BCUT2D eigenvalue weighted by atomic mass is 79.9. The highest BCUT2D eigenvalue weighted by Crippen LogP contribution is 2.26. The Kier molecular flexibility index (Phi) is 5.21. The van der Waals surface area contributed by atoms with E-state index in [0.29, 0.717) is 21.9 Å². The molecule has 0 unspecified atom stereocenters. The molecule has 5 heteroatoms. The first-order valence-corrected chi connectivity index (χ1v) is 6.39. The van der Waals surface area contributed by atoms with Crippen LogP contribution in [0.4, 0.5) is 15.8 Å².